The summed E-state index contributed by atoms with van der Waals surface area (Å²) < 4.78 is 1.38. The Hall–Kier alpha value is -2.41. The second-order valence-corrected chi connectivity index (χ2v) is 5.18. The molecule has 0 aliphatic carbocycles. The van der Waals surface area contributed by atoms with Gasteiger partial charge in [-0.05, 0) is 26.0 Å². The van der Waals surface area contributed by atoms with Gasteiger partial charge in [-0.3, -0.25) is 0 Å². The number of aromatic nitrogens is 3. The van der Waals surface area contributed by atoms with Crippen molar-refractivity contribution in [1.29, 1.82) is 0 Å². The van der Waals surface area contributed by atoms with E-state index in [0.29, 0.717) is 16.9 Å². The maximum absolute atomic E-state index is 11.2. The molecular formula is C13H16N4O3. The lowest BCUT2D eigenvalue weighted by atomic mass is 10.1. The predicted octanol–water partition coefficient (Wildman–Crippen LogP) is 0.996. The van der Waals surface area contributed by atoms with Crippen LogP contribution in [0.4, 0.5) is 5.69 Å². The van der Waals surface area contributed by atoms with Gasteiger partial charge in [-0.1, -0.05) is 17.3 Å². The van der Waals surface area contributed by atoms with E-state index in [4.69, 9.17) is 5.73 Å². The molecule has 4 N–H and O–H groups in total. The lowest BCUT2D eigenvalue weighted by Gasteiger charge is -2.18. The van der Waals surface area contributed by atoms with Crippen LogP contribution in [0, 0.1) is 0 Å². The summed E-state index contributed by atoms with van der Waals surface area (Å²) in [6.07, 6.45) is 0. The largest absolute Gasteiger partial charge is 0.476 e. The van der Waals surface area contributed by atoms with Gasteiger partial charge < -0.3 is 15.9 Å². The molecular weight excluding hydrogens is 260 g/mol. The highest BCUT2D eigenvalue weighted by Crippen LogP contribution is 2.24. The number of anilines is 1. The Bertz CT molecular complexity index is 626. The first kappa shape index (κ1) is 14.0. The van der Waals surface area contributed by atoms with Crippen molar-refractivity contribution in [3.8, 4) is 11.3 Å². The van der Waals surface area contributed by atoms with E-state index in [9.17, 15) is 15.0 Å². The number of carbonyl (C=O) groups is 1. The fourth-order valence-corrected chi connectivity index (χ4v) is 1.86. The third kappa shape index (κ3) is 2.94. The van der Waals surface area contributed by atoms with Crippen LogP contribution in [-0.4, -0.2) is 36.8 Å². The van der Waals surface area contributed by atoms with Crippen LogP contribution in [-0.2, 0) is 6.54 Å². The number of aromatic carboxylic acids is 1. The monoisotopic (exact) mass is 276 g/mol. The quantitative estimate of drug-likeness (QED) is 0.718. The molecule has 0 spiro atoms. The van der Waals surface area contributed by atoms with Crippen LogP contribution in [0.2, 0.25) is 0 Å². The number of benzene rings is 1. The first-order chi connectivity index (χ1) is 9.28. The number of nitrogens with two attached hydrogens (primary N) is 1. The summed E-state index contributed by atoms with van der Waals surface area (Å²) in [6, 6.07) is 6.73. The fraction of sp³-hybridized carbons (Fsp3) is 0.308. The topological polar surface area (TPSA) is 114 Å². The van der Waals surface area contributed by atoms with Gasteiger partial charge >= 0.3 is 5.97 Å². The molecule has 0 aliphatic heterocycles. The number of nitrogen functional groups attached to an aromatic ring is 1. The number of aliphatic hydroxyl groups is 1. The molecule has 0 atom stereocenters. The Kier molecular flexibility index (Phi) is 3.46. The van der Waals surface area contributed by atoms with E-state index in [1.807, 2.05) is 0 Å². The van der Waals surface area contributed by atoms with Crippen molar-refractivity contribution in [1.82, 2.24) is 15.0 Å². The van der Waals surface area contributed by atoms with Gasteiger partial charge in [0, 0.05) is 11.3 Å². The van der Waals surface area contributed by atoms with E-state index in [1.165, 1.54) is 4.68 Å². The third-order valence-corrected chi connectivity index (χ3v) is 2.66. The Morgan fingerprint density at radius 2 is 1.95 bits per heavy atom. The van der Waals surface area contributed by atoms with Crippen molar-refractivity contribution in [3.63, 3.8) is 0 Å². The molecule has 1 heterocycles. The zero-order valence-corrected chi connectivity index (χ0v) is 11.2. The molecule has 106 valence electrons. The van der Waals surface area contributed by atoms with Crippen LogP contribution in [0.3, 0.4) is 0 Å². The van der Waals surface area contributed by atoms with Gasteiger partial charge in [0.15, 0.2) is 5.69 Å². The van der Waals surface area contributed by atoms with Crippen LogP contribution in [0.25, 0.3) is 11.3 Å². The number of nitrogens with zero attached hydrogens (tertiary/aromatic N) is 3. The Morgan fingerprint density at radius 1 is 1.35 bits per heavy atom. The van der Waals surface area contributed by atoms with Crippen molar-refractivity contribution in [2.75, 3.05) is 5.73 Å². The van der Waals surface area contributed by atoms with Gasteiger partial charge in [-0.25, -0.2) is 9.48 Å². The Balaban J connectivity index is 2.55. The minimum atomic E-state index is -1.17. The SMILES string of the molecule is CC(C)(O)Cn1nnc(C(=O)O)c1-c1ccc(N)cc1. The molecule has 2 rings (SSSR count). The summed E-state index contributed by atoms with van der Waals surface area (Å²) in [7, 11) is 0. The predicted molar refractivity (Wildman–Crippen MR) is 73.1 cm³/mol. The fourth-order valence-electron chi connectivity index (χ4n) is 1.86. The van der Waals surface area contributed by atoms with Crippen molar-refractivity contribution < 1.29 is 15.0 Å². The van der Waals surface area contributed by atoms with Crippen LogP contribution in [0.15, 0.2) is 24.3 Å². The number of carboxylic acids is 1. The third-order valence-electron chi connectivity index (χ3n) is 2.66. The first-order valence-electron chi connectivity index (χ1n) is 6.03. The molecule has 7 heteroatoms. The molecule has 0 saturated heterocycles. The van der Waals surface area contributed by atoms with E-state index in [2.05, 4.69) is 10.3 Å². The van der Waals surface area contributed by atoms with Gasteiger partial charge in [-0.2, -0.15) is 0 Å². The lowest BCUT2D eigenvalue weighted by Crippen LogP contribution is -2.27. The smallest absolute Gasteiger partial charge is 0.358 e. The van der Waals surface area contributed by atoms with Gasteiger partial charge in [-0.15, -0.1) is 5.10 Å². The molecule has 0 fully saturated rings. The summed E-state index contributed by atoms with van der Waals surface area (Å²) in [5, 5.41) is 26.6. The zero-order chi connectivity index (χ0) is 14.9. The molecule has 0 aliphatic rings. The minimum absolute atomic E-state index is 0.132. The lowest BCUT2D eigenvalue weighted by molar-refractivity contribution is 0.0575. The Labute approximate surface area is 115 Å². The van der Waals surface area contributed by atoms with Crippen LogP contribution in [0.1, 0.15) is 24.3 Å². The molecule has 0 unspecified atom stereocenters. The standard InChI is InChI=1S/C13H16N4O3/c1-13(2,20)7-17-11(10(12(18)19)15-16-17)8-3-5-9(14)6-4-8/h3-6,20H,7,14H2,1-2H3,(H,18,19). The molecule has 0 bridgehead atoms. The van der Waals surface area contributed by atoms with Gasteiger partial charge in [0.05, 0.1) is 12.1 Å². The second-order valence-electron chi connectivity index (χ2n) is 5.18. The van der Waals surface area contributed by atoms with Crippen molar-refractivity contribution in [3.05, 3.63) is 30.0 Å². The second kappa shape index (κ2) is 4.93. The van der Waals surface area contributed by atoms with E-state index in [0.717, 1.165) is 0 Å². The van der Waals surface area contributed by atoms with Gasteiger partial charge in [0.25, 0.3) is 0 Å². The van der Waals surface area contributed by atoms with E-state index < -0.39 is 11.6 Å². The Morgan fingerprint density at radius 3 is 2.45 bits per heavy atom. The highest BCUT2D eigenvalue weighted by atomic mass is 16.4. The highest BCUT2D eigenvalue weighted by molar-refractivity contribution is 5.92. The number of rotatable bonds is 4. The van der Waals surface area contributed by atoms with E-state index in [-0.39, 0.29) is 12.2 Å². The molecule has 7 nitrogen and oxygen atoms in total. The molecule has 1 aromatic heterocycles. The summed E-state index contributed by atoms with van der Waals surface area (Å²) in [5.41, 5.74) is 5.99. The van der Waals surface area contributed by atoms with Crippen molar-refractivity contribution in [2.45, 2.75) is 26.0 Å². The number of hydrogen-bond donors (Lipinski definition) is 3. The van der Waals surface area contributed by atoms with Crippen molar-refractivity contribution in [2.24, 2.45) is 0 Å². The van der Waals surface area contributed by atoms with Gasteiger partial charge in [0.1, 0.15) is 5.69 Å². The summed E-state index contributed by atoms with van der Waals surface area (Å²) in [4.78, 5) is 11.2. The maximum Gasteiger partial charge on any atom is 0.358 e. The number of carboxylic acid groups (broad SMARTS) is 1. The van der Waals surface area contributed by atoms with E-state index in [1.54, 1.807) is 38.1 Å². The zero-order valence-electron chi connectivity index (χ0n) is 11.2. The number of hydrogen-bond acceptors (Lipinski definition) is 5. The van der Waals surface area contributed by atoms with E-state index >= 15 is 0 Å². The molecule has 0 amide bonds. The maximum atomic E-state index is 11.2. The average Bonchev–Trinajstić information content (AvgIpc) is 2.71. The normalized spacial score (nSPS) is 11.6. The molecule has 1 aromatic carbocycles. The minimum Gasteiger partial charge on any atom is -0.476 e. The van der Waals surface area contributed by atoms with Crippen molar-refractivity contribution >= 4 is 11.7 Å². The van der Waals surface area contributed by atoms with Crippen LogP contribution < -0.4 is 5.73 Å². The molecule has 0 saturated carbocycles. The van der Waals surface area contributed by atoms with Crippen LogP contribution in [0.5, 0.6) is 0 Å². The molecule has 20 heavy (non-hydrogen) atoms. The van der Waals surface area contributed by atoms with Gasteiger partial charge in [0.2, 0.25) is 0 Å². The summed E-state index contributed by atoms with van der Waals surface area (Å²) in [6.45, 7) is 3.36. The summed E-state index contributed by atoms with van der Waals surface area (Å²) in [5.74, 6) is -1.17. The first-order valence-corrected chi connectivity index (χ1v) is 6.03. The average molecular weight is 276 g/mol. The van der Waals surface area contributed by atoms with Crippen LogP contribution >= 0.6 is 0 Å². The highest BCUT2D eigenvalue weighted by Gasteiger charge is 2.24. The summed E-state index contributed by atoms with van der Waals surface area (Å²) >= 11 is 0. The molecule has 0 radical (unpaired) electrons. The molecule has 2 aromatic rings.